The Bertz CT molecular complexity index is 2350. The van der Waals surface area contributed by atoms with E-state index in [2.05, 4.69) is 210 Å². The molecule has 0 fully saturated rings. The molecular weight excluding hydrogens is 706 g/mol. The van der Waals surface area contributed by atoms with Gasteiger partial charge in [-0.2, -0.15) is 0 Å². The number of anilines is 3. The summed E-state index contributed by atoms with van der Waals surface area (Å²) in [5, 5.41) is 4.95. The fraction of sp³-hybridized carbons (Fsp3) is 0. The van der Waals surface area contributed by atoms with E-state index in [4.69, 9.17) is 0 Å². The topological polar surface area (TPSA) is 13.1 Å². The predicted molar refractivity (Wildman–Crippen MR) is 205 cm³/mol. The summed E-state index contributed by atoms with van der Waals surface area (Å²) in [4.78, 5) is 2.34. The Hall–Kier alpha value is -5.10. The molecule has 0 N–H and O–H groups in total. The van der Waals surface area contributed by atoms with Crippen molar-refractivity contribution in [2.45, 2.75) is 0 Å². The molecule has 0 spiro atoms. The molecule has 0 amide bonds. The first-order valence-electron chi connectivity index (χ1n) is 15.6. The second-order valence-electron chi connectivity index (χ2n) is 11.7. The van der Waals surface area contributed by atoms with Crippen molar-refractivity contribution in [3.8, 4) is 11.4 Å². The maximum absolute atomic E-state index is 3.89. The Labute approximate surface area is 289 Å². The zero-order valence-electron chi connectivity index (χ0n) is 25.2. The third kappa shape index (κ3) is 4.53. The highest BCUT2D eigenvalue weighted by Gasteiger charge is 2.22. The van der Waals surface area contributed by atoms with E-state index < -0.39 is 0 Å². The lowest BCUT2D eigenvalue weighted by Gasteiger charge is -2.29. The molecule has 3 nitrogen and oxygen atoms in total. The van der Waals surface area contributed by atoms with Crippen molar-refractivity contribution in [2.24, 2.45) is 0 Å². The second kappa shape index (κ2) is 11.3. The molecule has 0 aliphatic carbocycles. The number of halogens is 2. The molecule has 0 atom stereocenters. The van der Waals surface area contributed by atoms with E-state index in [0.717, 1.165) is 37.4 Å². The normalized spacial score (nSPS) is 11.6. The van der Waals surface area contributed by atoms with Crippen LogP contribution in [0, 0.1) is 0 Å². The predicted octanol–water partition coefficient (Wildman–Crippen LogP) is 12.9. The number of hydrogen-bond acceptors (Lipinski definition) is 1. The standard InChI is InChI=1S/C42H27Br2N3/c43-35-17-5-11-23-41(35)47(42-24-12-6-18-36(42)44)30-26-28(45-37-19-7-1-13-31(37)32-14-2-8-20-38(32)45)25-29(27-30)46-39-21-9-3-15-33(39)34-16-4-10-22-40(34)46/h1-27H. The minimum Gasteiger partial charge on any atom is -0.309 e. The number of para-hydroxylation sites is 6. The van der Waals surface area contributed by atoms with Gasteiger partial charge in [0.05, 0.1) is 50.5 Å². The summed E-state index contributed by atoms with van der Waals surface area (Å²) in [6.07, 6.45) is 0. The van der Waals surface area contributed by atoms with E-state index in [1.165, 1.54) is 43.6 Å². The first kappa shape index (κ1) is 28.1. The van der Waals surface area contributed by atoms with Crippen molar-refractivity contribution < 1.29 is 0 Å². The third-order valence-electron chi connectivity index (χ3n) is 9.01. The number of aromatic nitrogens is 2. The SMILES string of the molecule is Brc1ccccc1N(c1cc(-n2c3ccccc3c3ccccc32)cc(-n2c3ccccc3c3ccccc32)c1)c1ccccc1Br. The van der Waals surface area contributed by atoms with Gasteiger partial charge in [0.1, 0.15) is 0 Å². The summed E-state index contributed by atoms with van der Waals surface area (Å²) in [6.45, 7) is 0. The van der Waals surface area contributed by atoms with Gasteiger partial charge in [-0.3, -0.25) is 0 Å². The zero-order chi connectivity index (χ0) is 31.5. The molecule has 2 heterocycles. The van der Waals surface area contributed by atoms with E-state index in [1.54, 1.807) is 0 Å². The summed E-state index contributed by atoms with van der Waals surface area (Å²) in [7, 11) is 0. The Morgan fingerprint density at radius 1 is 0.362 bits per heavy atom. The molecule has 224 valence electrons. The maximum Gasteiger partial charge on any atom is 0.0604 e. The van der Waals surface area contributed by atoms with E-state index in [9.17, 15) is 0 Å². The largest absolute Gasteiger partial charge is 0.309 e. The van der Waals surface area contributed by atoms with Crippen LogP contribution >= 0.6 is 31.9 Å². The quantitative estimate of drug-likeness (QED) is 0.172. The molecule has 47 heavy (non-hydrogen) atoms. The summed E-state index contributed by atoms with van der Waals surface area (Å²) in [6, 6.07) is 58.6. The molecule has 5 heteroatoms. The Morgan fingerprint density at radius 2 is 0.681 bits per heavy atom. The Morgan fingerprint density at radius 3 is 1.04 bits per heavy atom. The first-order chi connectivity index (χ1) is 23.2. The first-order valence-corrected chi connectivity index (χ1v) is 17.2. The molecule has 0 saturated carbocycles. The molecule has 9 rings (SSSR count). The van der Waals surface area contributed by atoms with E-state index >= 15 is 0 Å². The Kier molecular flexibility index (Phi) is 6.77. The van der Waals surface area contributed by atoms with Crippen molar-refractivity contribution in [3.05, 3.63) is 173 Å². The maximum atomic E-state index is 3.89. The van der Waals surface area contributed by atoms with Crippen molar-refractivity contribution >= 4 is 92.5 Å². The van der Waals surface area contributed by atoms with E-state index in [1.807, 2.05) is 0 Å². The van der Waals surface area contributed by atoms with Crippen LogP contribution in [0.25, 0.3) is 55.0 Å². The van der Waals surface area contributed by atoms with Crippen molar-refractivity contribution in [3.63, 3.8) is 0 Å². The lowest BCUT2D eigenvalue weighted by atomic mass is 10.1. The van der Waals surface area contributed by atoms with Crippen LogP contribution in [-0.2, 0) is 0 Å². The number of nitrogens with zero attached hydrogens (tertiary/aromatic N) is 3. The van der Waals surface area contributed by atoms with Gasteiger partial charge >= 0.3 is 0 Å². The summed E-state index contributed by atoms with van der Waals surface area (Å²) >= 11 is 7.79. The minimum atomic E-state index is 1.01. The van der Waals surface area contributed by atoms with Crippen LogP contribution in [0.3, 0.4) is 0 Å². The van der Waals surface area contributed by atoms with Crippen LogP contribution in [0.15, 0.2) is 173 Å². The molecule has 0 aliphatic rings. The molecule has 2 aromatic heterocycles. The molecule has 9 aromatic rings. The van der Waals surface area contributed by atoms with Crippen LogP contribution in [0.5, 0.6) is 0 Å². The van der Waals surface area contributed by atoms with Gasteiger partial charge in [-0.1, -0.05) is 97.1 Å². The van der Waals surface area contributed by atoms with Crippen molar-refractivity contribution in [1.82, 2.24) is 9.13 Å². The van der Waals surface area contributed by atoms with Gasteiger partial charge < -0.3 is 14.0 Å². The van der Waals surface area contributed by atoms with Gasteiger partial charge in [0.25, 0.3) is 0 Å². The van der Waals surface area contributed by atoms with Crippen LogP contribution < -0.4 is 4.90 Å². The fourth-order valence-corrected chi connectivity index (χ4v) is 7.97. The lowest BCUT2D eigenvalue weighted by Crippen LogP contribution is -2.13. The van der Waals surface area contributed by atoms with Crippen molar-refractivity contribution in [1.29, 1.82) is 0 Å². The van der Waals surface area contributed by atoms with Gasteiger partial charge in [-0.15, -0.1) is 0 Å². The highest BCUT2D eigenvalue weighted by Crippen LogP contribution is 2.45. The van der Waals surface area contributed by atoms with Crippen LogP contribution in [0.4, 0.5) is 17.1 Å². The summed E-state index contributed by atoms with van der Waals surface area (Å²) < 4.78 is 6.83. The molecular formula is C42H27Br2N3. The number of hydrogen-bond donors (Lipinski definition) is 0. The van der Waals surface area contributed by atoms with Gasteiger partial charge in [-0.05, 0) is 98.6 Å². The minimum absolute atomic E-state index is 1.01. The monoisotopic (exact) mass is 731 g/mol. The summed E-state index contributed by atoms with van der Waals surface area (Å²) in [5.74, 6) is 0. The van der Waals surface area contributed by atoms with Gasteiger partial charge in [-0.25, -0.2) is 0 Å². The smallest absolute Gasteiger partial charge is 0.0604 e. The average molecular weight is 734 g/mol. The highest BCUT2D eigenvalue weighted by molar-refractivity contribution is 9.11. The molecule has 0 bridgehead atoms. The van der Waals surface area contributed by atoms with E-state index in [0.29, 0.717) is 0 Å². The molecule has 0 aliphatic heterocycles. The van der Waals surface area contributed by atoms with E-state index in [-0.39, 0.29) is 0 Å². The zero-order valence-corrected chi connectivity index (χ0v) is 28.4. The van der Waals surface area contributed by atoms with Crippen LogP contribution in [0.2, 0.25) is 0 Å². The number of rotatable bonds is 5. The highest BCUT2D eigenvalue weighted by atomic mass is 79.9. The number of benzene rings is 7. The fourth-order valence-electron chi connectivity index (χ4n) is 7.04. The molecule has 0 saturated heterocycles. The number of fused-ring (bicyclic) bond motifs is 6. The second-order valence-corrected chi connectivity index (χ2v) is 13.4. The average Bonchev–Trinajstić information content (AvgIpc) is 3.63. The summed E-state index contributed by atoms with van der Waals surface area (Å²) in [5.41, 5.74) is 10.0. The van der Waals surface area contributed by atoms with Crippen LogP contribution in [-0.4, -0.2) is 9.13 Å². The third-order valence-corrected chi connectivity index (χ3v) is 10.3. The van der Waals surface area contributed by atoms with Crippen LogP contribution in [0.1, 0.15) is 0 Å². The van der Waals surface area contributed by atoms with Crippen molar-refractivity contribution in [2.75, 3.05) is 4.90 Å². The molecule has 0 radical (unpaired) electrons. The van der Waals surface area contributed by atoms with Gasteiger partial charge in [0, 0.05) is 30.5 Å². The lowest BCUT2D eigenvalue weighted by molar-refractivity contribution is 1.12. The molecule has 0 unspecified atom stereocenters. The van der Waals surface area contributed by atoms with Gasteiger partial charge in [0.2, 0.25) is 0 Å². The molecule has 7 aromatic carbocycles. The van der Waals surface area contributed by atoms with Gasteiger partial charge in [0.15, 0.2) is 0 Å². The Balaban J connectivity index is 1.43.